The molecular formula is C9H8F5N. The molecule has 1 rings (SSSR count). The van der Waals surface area contributed by atoms with Gasteiger partial charge in [0.15, 0.2) is 23.3 Å². The molecule has 1 nitrogen and oxygen atoms in total. The fourth-order valence-electron chi connectivity index (χ4n) is 1.11. The number of halogens is 5. The van der Waals surface area contributed by atoms with E-state index in [9.17, 15) is 22.0 Å². The highest BCUT2D eigenvalue weighted by Crippen LogP contribution is 2.23. The van der Waals surface area contributed by atoms with Crippen LogP contribution in [0.2, 0.25) is 0 Å². The lowest BCUT2D eigenvalue weighted by Crippen LogP contribution is -2.16. The van der Waals surface area contributed by atoms with Gasteiger partial charge in [-0.1, -0.05) is 0 Å². The molecule has 0 N–H and O–H groups in total. The van der Waals surface area contributed by atoms with Crippen LogP contribution in [0.5, 0.6) is 0 Å². The van der Waals surface area contributed by atoms with E-state index in [-0.39, 0.29) is 6.54 Å². The molecule has 0 aromatic heterocycles. The van der Waals surface area contributed by atoms with Gasteiger partial charge in [0.1, 0.15) is 0 Å². The third-order valence-electron chi connectivity index (χ3n) is 1.78. The second-order valence-electron chi connectivity index (χ2n) is 3.29. The molecule has 0 bridgehead atoms. The molecule has 1 aromatic rings. The van der Waals surface area contributed by atoms with E-state index in [4.69, 9.17) is 0 Å². The Kier molecular flexibility index (Phi) is 3.28. The highest BCUT2D eigenvalue weighted by atomic mass is 19.2. The molecule has 0 amide bonds. The molecule has 15 heavy (non-hydrogen) atoms. The number of rotatable bonds is 2. The Morgan fingerprint density at radius 3 is 1.40 bits per heavy atom. The van der Waals surface area contributed by atoms with Crippen LogP contribution in [0.25, 0.3) is 0 Å². The molecule has 0 aliphatic carbocycles. The van der Waals surface area contributed by atoms with Crippen LogP contribution in [-0.4, -0.2) is 19.0 Å². The van der Waals surface area contributed by atoms with E-state index in [1.807, 2.05) is 0 Å². The predicted octanol–water partition coefficient (Wildman–Crippen LogP) is 2.44. The highest BCUT2D eigenvalue weighted by Gasteiger charge is 2.25. The average Bonchev–Trinajstić information content (AvgIpc) is 2.18. The first-order chi connectivity index (χ1) is 6.86. The van der Waals surface area contributed by atoms with E-state index in [2.05, 4.69) is 0 Å². The van der Waals surface area contributed by atoms with Crippen molar-refractivity contribution in [1.29, 1.82) is 0 Å². The zero-order chi connectivity index (χ0) is 11.7. The van der Waals surface area contributed by atoms with Crippen LogP contribution in [0.15, 0.2) is 0 Å². The van der Waals surface area contributed by atoms with Gasteiger partial charge in [0.2, 0.25) is 5.82 Å². The van der Waals surface area contributed by atoms with E-state index in [0.29, 0.717) is 0 Å². The van der Waals surface area contributed by atoms with Gasteiger partial charge >= 0.3 is 0 Å². The van der Waals surface area contributed by atoms with E-state index >= 15 is 0 Å². The molecule has 0 saturated carbocycles. The van der Waals surface area contributed by atoms with Crippen molar-refractivity contribution in [1.82, 2.24) is 4.90 Å². The normalized spacial score (nSPS) is 11.2. The minimum Gasteiger partial charge on any atom is -0.305 e. The lowest BCUT2D eigenvalue weighted by atomic mass is 10.1. The molecule has 0 radical (unpaired) electrons. The molecule has 0 aliphatic heterocycles. The van der Waals surface area contributed by atoms with Crippen LogP contribution in [0, 0.1) is 29.1 Å². The van der Waals surface area contributed by atoms with Crippen molar-refractivity contribution >= 4 is 0 Å². The molecule has 1 aromatic carbocycles. The van der Waals surface area contributed by atoms with Crippen molar-refractivity contribution in [3.05, 3.63) is 34.6 Å². The molecule has 0 fully saturated rings. The molecule has 0 spiro atoms. The van der Waals surface area contributed by atoms with Crippen molar-refractivity contribution in [2.45, 2.75) is 6.54 Å². The molecule has 84 valence electrons. The fourth-order valence-corrected chi connectivity index (χ4v) is 1.11. The van der Waals surface area contributed by atoms with Crippen LogP contribution >= 0.6 is 0 Å². The first-order valence-corrected chi connectivity index (χ1v) is 4.01. The second-order valence-corrected chi connectivity index (χ2v) is 3.29. The third kappa shape index (κ3) is 2.09. The van der Waals surface area contributed by atoms with Crippen molar-refractivity contribution < 1.29 is 22.0 Å². The van der Waals surface area contributed by atoms with Gasteiger partial charge in [0.05, 0.1) is 0 Å². The van der Waals surface area contributed by atoms with Gasteiger partial charge in [-0.05, 0) is 14.1 Å². The predicted molar refractivity (Wildman–Crippen MR) is 43.6 cm³/mol. The first kappa shape index (κ1) is 11.9. The van der Waals surface area contributed by atoms with E-state index in [0.717, 1.165) is 0 Å². The van der Waals surface area contributed by atoms with Gasteiger partial charge in [0.25, 0.3) is 0 Å². The Hall–Kier alpha value is -1.17. The molecular weight excluding hydrogens is 217 g/mol. The lowest BCUT2D eigenvalue weighted by molar-refractivity contribution is 0.337. The first-order valence-electron chi connectivity index (χ1n) is 4.01. The minimum atomic E-state index is -2.13. The Morgan fingerprint density at radius 2 is 1.07 bits per heavy atom. The van der Waals surface area contributed by atoms with Crippen molar-refractivity contribution in [2.75, 3.05) is 14.1 Å². The zero-order valence-electron chi connectivity index (χ0n) is 8.04. The van der Waals surface area contributed by atoms with Gasteiger partial charge in [-0.15, -0.1) is 0 Å². The quantitative estimate of drug-likeness (QED) is 0.424. The molecule has 0 aliphatic rings. The smallest absolute Gasteiger partial charge is 0.200 e. The lowest BCUT2D eigenvalue weighted by Gasteiger charge is -2.12. The maximum absolute atomic E-state index is 13.0. The van der Waals surface area contributed by atoms with Gasteiger partial charge in [0, 0.05) is 12.1 Å². The van der Waals surface area contributed by atoms with E-state index in [1.165, 1.54) is 19.0 Å². The standard InChI is InChI=1S/C9H8F5N/c1-15(2)3-4-5(10)7(12)9(14)8(13)6(4)11/h3H2,1-2H3. The van der Waals surface area contributed by atoms with Crippen LogP contribution < -0.4 is 0 Å². The summed E-state index contributed by atoms with van der Waals surface area (Å²) in [7, 11) is 2.91. The summed E-state index contributed by atoms with van der Waals surface area (Å²) >= 11 is 0. The Labute approximate surface area is 83.1 Å². The van der Waals surface area contributed by atoms with Crippen LogP contribution in [-0.2, 0) is 6.54 Å². The Morgan fingerprint density at radius 1 is 0.733 bits per heavy atom. The van der Waals surface area contributed by atoms with Crippen LogP contribution in [0.1, 0.15) is 5.56 Å². The molecule has 0 heterocycles. The van der Waals surface area contributed by atoms with Crippen LogP contribution in [0.3, 0.4) is 0 Å². The van der Waals surface area contributed by atoms with Crippen molar-refractivity contribution in [2.24, 2.45) is 0 Å². The molecule has 0 atom stereocenters. The largest absolute Gasteiger partial charge is 0.305 e. The topological polar surface area (TPSA) is 3.24 Å². The van der Waals surface area contributed by atoms with Crippen molar-refractivity contribution in [3.63, 3.8) is 0 Å². The average molecular weight is 225 g/mol. The van der Waals surface area contributed by atoms with E-state index in [1.54, 1.807) is 0 Å². The maximum Gasteiger partial charge on any atom is 0.200 e. The fraction of sp³-hybridized carbons (Fsp3) is 0.333. The summed E-state index contributed by atoms with van der Waals surface area (Å²) in [6.07, 6.45) is 0. The third-order valence-corrected chi connectivity index (χ3v) is 1.78. The van der Waals surface area contributed by atoms with E-state index < -0.39 is 34.6 Å². The number of hydrogen-bond acceptors (Lipinski definition) is 1. The second kappa shape index (κ2) is 4.14. The maximum atomic E-state index is 13.0. The SMILES string of the molecule is CN(C)Cc1c(F)c(F)c(F)c(F)c1F. The Bertz CT molecular complexity index is 360. The summed E-state index contributed by atoms with van der Waals surface area (Å²) < 4.78 is 64.0. The zero-order valence-corrected chi connectivity index (χ0v) is 8.04. The summed E-state index contributed by atoms with van der Waals surface area (Å²) in [5.41, 5.74) is -0.823. The van der Waals surface area contributed by atoms with Gasteiger partial charge < -0.3 is 4.90 Å². The van der Waals surface area contributed by atoms with Crippen LogP contribution in [0.4, 0.5) is 22.0 Å². The summed E-state index contributed by atoms with van der Waals surface area (Å²) in [6.45, 7) is -0.355. The number of nitrogens with zero attached hydrogens (tertiary/aromatic N) is 1. The molecule has 0 unspecified atom stereocenters. The summed E-state index contributed by atoms with van der Waals surface area (Å²) in [5, 5.41) is 0. The molecule has 0 saturated heterocycles. The summed E-state index contributed by atoms with van der Waals surface area (Å²) in [4.78, 5) is 1.30. The minimum absolute atomic E-state index is 0.355. The Balaban J connectivity index is 3.39. The highest BCUT2D eigenvalue weighted by molar-refractivity contribution is 5.23. The number of benzene rings is 1. The van der Waals surface area contributed by atoms with Crippen molar-refractivity contribution in [3.8, 4) is 0 Å². The number of hydrogen-bond donors (Lipinski definition) is 0. The van der Waals surface area contributed by atoms with Gasteiger partial charge in [-0.3, -0.25) is 0 Å². The molecule has 6 heteroatoms. The summed E-state index contributed by atoms with van der Waals surface area (Å²) in [5.74, 6) is -9.51. The van der Waals surface area contributed by atoms with Gasteiger partial charge in [-0.2, -0.15) is 0 Å². The monoisotopic (exact) mass is 225 g/mol. The van der Waals surface area contributed by atoms with Gasteiger partial charge in [-0.25, -0.2) is 22.0 Å². The summed E-state index contributed by atoms with van der Waals surface area (Å²) in [6, 6.07) is 0.